The molecule has 2 heterocycles. The predicted molar refractivity (Wildman–Crippen MR) is 96.5 cm³/mol. The Morgan fingerprint density at radius 2 is 2.23 bits per heavy atom. The molecule has 1 aliphatic heterocycles. The van der Waals surface area contributed by atoms with E-state index >= 15 is 0 Å². The van der Waals surface area contributed by atoms with Gasteiger partial charge in [0.25, 0.3) is 0 Å². The van der Waals surface area contributed by atoms with Crippen molar-refractivity contribution < 1.29 is 9.53 Å². The van der Waals surface area contributed by atoms with Crippen LogP contribution >= 0.6 is 35.5 Å². The second-order valence-corrected chi connectivity index (χ2v) is 6.96. The number of carbonyl (C=O) groups excluding carboxylic acids is 1. The van der Waals surface area contributed by atoms with Crippen LogP contribution in [0.3, 0.4) is 0 Å². The third-order valence-electron chi connectivity index (χ3n) is 3.41. The van der Waals surface area contributed by atoms with E-state index in [1.54, 1.807) is 48.4 Å². The topological polar surface area (TPSA) is 64.3 Å². The minimum Gasteiger partial charge on any atom is -0.495 e. The lowest BCUT2D eigenvalue weighted by molar-refractivity contribution is -0.115. The summed E-state index contributed by atoms with van der Waals surface area (Å²) in [5.41, 5.74) is 8.23. The Bertz CT molecular complexity index is 675. The van der Waals surface area contributed by atoms with Gasteiger partial charge in [0.2, 0.25) is 5.91 Å². The molecule has 1 unspecified atom stereocenters. The second-order valence-electron chi connectivity index (χ2n) is 4.75. The quantitative estimate of drug-likeness (QED) is 0.822. The first-order valence-corrected chi connectivity index (χ1v) is 8.54. The van der Waals surface area contributed by atoms with Crippen LogP contribution in [0, 0.1) is 0 Å². The monoisotopic (exact) mass is 356 g/mol. The number of hydrogen-bond donors (Lipinski definition) is 2. The first kappa shape index (κ1) is 17.0. The Balaban J connectivity index is 0.00000176. The maximum atomic E-state index is 12.5. The van der Waals surface area contributed by atoms with Crippen LogP contribution in [-0.4, -0.2) is 18.8 Å². The summed E-state index contributed by atoms with van der Waals surface area (Å²) >= 11 is 3.42. The maximum absolute atomic E-state index is 12.5. The van der Waals surface area contributed by atoms with Crippen LogP contribution in [0.1, 0.15) is 15.7 Å². The van der Waals surface area contributed by atoms with Gasteiger partial charge in [-0.2, -0.15) is 0 Å². The zero-order valence-electron chi connectivity index (χ0n) is 12.0. The van der Waals surface area contributed by atoms with Crippen molar-refractivity contribution in [2.45, 2.75) is 11.7 Å². The molecule has 3 rings (SSSR count). The number of hydrogen-bond acceptors (Lipinski definition) is 5. The summed E-state index contributed by atoms with van der Waals surface area (Å²) in [7, 11) is 1.57. The van der Waals surface area contributed by atoms with E-state index in [4.69, 9.17) is 10.5 Å². The number of carbonyl (C=O) groups is 1. The summed E-state index contributed by atoms with van der Waals surface area (Å²) in [6.45, 7) is 0. The van der Waals surface area contributed by atoms with Gasteiger partial charge < -0.3 is 15.8 Å². The van der Waals surface area contributed by atoms with Crippen molar-refractivity contribution in [3.05, 3.63) is 40.1 Å². The molecule has 0 saturated heterocycles. The fraction of sp³-hybridized carbons (Fsp3) is 0.267. The predicted octanol–water partition coefficient (Wildman–Crippen LogP) is 3.73. The molecule has 1 amide bonds. The van der Waals surface area contributed by atoms with Crippen molar-refractivity contribution in [2.24, 2.45) is 0 Å². The first-order chi connectivity index (χ1) is 10.2. The normalized spacial score (nSPS) is 16.3. The summed E-state index contributed by atoms with van der Waals surface area (Å²) in [4.78, 5) is 13.8. The summed E-state index contributed by atoms with van der Waals surface area (Å²) in [6, 6.07) is 7.33. The number of nitrogens with one attached hydrogen (secondary N) is 1. The molecular weight excluding hydrogens is 340 g/mol. The number of ether oxygens (including phenoxy) is 1. The Morgan fingerprint density at radius 3 is 2.95 bits per heavy atom. The van der Waals surface area contributed by atoms with Crippen LogP contribution in [0.15, 0.2) is 29.6 Å². The van der Waals surface area contributed by atoms with Gasteiger partial charge in [-0.3, -0.25) is 4.79 Å². The number of anilines is 2. The molecule has 22 heavy (non-hydrogen) atoms. The van der Waals surface area contributed by atoms with E-state index in [0.29, 0.717) is 17.1 Å². The fourth-order valence-corrected chi connectivity index (χ4v) is 4.68. The minimum absolute atomic E-state index is 0. The molecule has 0 bridgehead atoms. The molecule has 1 aromatic carbocycles. The average Bonchev–Trinajstić information content (AvgIpc) is 2.95. The molecule has 0 saturated carbocycles. The Hall–Kier alpha value is -1.37. The highest BCUT2D eigenvalue weighted by Gasteiger charge is 2.28. The van der Waals surface area contributed by atoms with E-state index in [1.807, 2.05) is 0 Å². The van der Waals surface area contributed by atoms with Gasteiger partial charge in [0.05, 0.1) is 12.8 Å². The highest BCUT2D eigenvalue weighted by molar-refractivity contribution is 8.00. The molecular formula is C15H17ClN2O2S2. The standard InChI is InChI=1S/C15H16N2O2S2.ClH/c1-19-12-3-2-9(8-11(12)16)17-15(18)14-10-4-6-20-13(10)5-7-21-14;/h2-4,6,8,14H,5,7,16H2,1H3,(H,17,18);1H. The van der Waals surface area contributed by atoms with Gasteiger partial charge in [0.1, 0.15) is 11.0 Å². The highest BCUT2D eigenvalue weighted by Crippen LogP contribution is 2.40. The number of nitrogens with two attached hydrogens (primary N) is 1. The van der Waals surface area contributed by atoms with Gasteiger partial charge in [-0.15, -0.1) is 35.5 Å². The number of benzene rings is 1. The third-order valence-corrected chi connectivity index (χ3v) is 5.65. The molecule has 0 fully saturated rings. The van der Waals surface area contributed by atoms with Crippen molar-refractivity contribution in [3.63, 3.8) is 0 Å². The van der Waals surface area contributed by atoms with Gasteiger partial charge in [-0.25, -0.2) is 0 Å². The van der Waals surface area contributed by atoms with Crippen LogP contribution in [-0.2, 0) is 11.2 Å². The molecule has 2 aromatic rings. The first-order valence-electron chi connectivity index (χ1n) is 6.61. The molecule has 1 atom stereocenters. The van der Waals surface area contributed by atoms with Crippen molar-refractivity contribution in [3.8, 4) is 5.75 Å². The number of fused-ring (bicyclic) bond motifs is 1. The van der Waals surface area contributed by atoms with E-state index < -0.39 is 0 Å². The van der Waals surface area contributed by atoms with Crippen LogP contribution in [0.25, 0.3) is 0 Å². The Labute approximate surface area is 143 Å². The van der Waals surface area contributed by atoms with Gasteiger partial charge in [-0.1, -0.05) is 0 Å². The van der Waals surface area contributed by atoms with Gasteiger partial charge >= 0.3 is 0 Å². The number of nitrogen functional groups attached to an aromatic ring is 1. The lowest BCUT2D eigenvalue weighted by Gasteiger charge is -2.21. The number of amides is 1. The molecule has 0 spiro atoms. The van der Waals surface area contributed by atoms with E-state index in [-0.39, 0.29) is 23.6 Å². The Morgan fingerprint density at radius 1 is 1.41 bits per heavy atom. The van der Waals surface area contributed by atoms with Crippen LogP contribution in [0.4, 0.5) is 11.4 Å². The zero-order valence-corrected chi connectivity index (χ0v) is 14.4. The van der Waals surface area contributed by atoms with Crippen LogP contribution in [0.5, 0.6) is 5.75 Å². The highest BCUT2D eigenvalue weighted by atomic mass is 35.5. The number of aryl methyl sites for hydroxylation is 1. The van der Waals surface area contributed by atoms with E-state index in [0.717, 1.165) is 17.7 Å². The van der Waals surface area contributed by atoms with Gasteiger partial charge in [0, 0.05) is 10.6 Å². The second kappa shape index (κ2) is 7.26. The SMILES string of the molecule is COc1ccc(NC(=O)C2SCCc3sccc32)cc1N.Cl. The summed E-state index contributed by atoms with van der Waals surface area (Å²) in [5.74, 6) is 1.60. The summed E-state index contributed by atoms with van der Waals surface area (Å²) in [6.07, 6.45) is 1.05. The number of rotatable bonds is 3. The molecule has 0 aliphatic carbocycles. The van der Waals surface area contributed by atoms with E-state index in [9.17, 15) is 4.79 Å². The summed E-state index contributed by atoms with van der Waals surface area (Å²) < 4.78 is 5.12. The molecule has 0 radical (unpaired) electrons. The molecule has 118 valence electrons. The fourth-order valence-electron chi connectivity index (χ4n) is 2.38. The van der Waals surface area contributed by atoms with E-state index in [1.165, 1.54) is 4.88 Å². The number of thiophene rings is 1. The Kier molecular flexibility index (Phi) is 5.61. The summed E-state index contributed by atoms with van der Waals surface area (Å²) in [5, 5.41) is 4.87. The molecule has 7 heteroatoms. The third kappa shape index (κ3) is 3.34. The molecule has 4 nitrogen and oxygen atoms in total. The van der Waals surface area contributed by atoms with Crippen molar-refractivity contribution in [1.82, 2.24) is 0 Å². The lowest BCUT2D eigenvalue weighted by Crippen LogP contribution is -2.22. The molecule has 1 aliphatic rings. The van der Waals surface area contributed by atoms with E-state index in [2.05, 4.69) is 16.8 Å². The molecule has 3 N–H and O–H groups in total. The number of methoxy groups -OCH3 is 1. The van der Waals surface area contributed by atoms with Crippen molar-refractivity contribution >= 4 is 52.8 Å². The van der Waals surface area contributed by atoms with Crippen molar-refractivity contribution in [1.29, 1.82) is 0 Å². The van der Waals surface area contributed by atoms with Gasteiger partial charge in [-0.05, 0) is 47.4 Å². The lowest BCUT2D eigenvalue weighted by atomic mass is 10.1. The minimum atomic E-state index is -0.136. The number of halogens is 1. The maximum Gasteiger partial charge on any atom is 0.242 e. The van der Waals surface area contributed by atoms with Crippen LogP contribution < -0.4 is 15.8 Å². The smallest absolute Gasteiger partial charge is 0.242 e. The largest absolute Gasteiger partial charge is 0.495 e. The van der Waals surface area contributed by atoms with Crippen molar-refractivity contribution in [2.75, 3.05) is 23.9 Å². The zero-order chi connectivity index (χ0) is 14.8. The molecule has 1 aromatic heterocycles. The van der Waals surface area contributed by atoms with Gasteiger partial charge in [0.15, 0.2) is 0 Å². The van der Waals surface area contributed by atoms with Crippen LogP contribution in [0.2, 0.25) is 0 Å². The average molecular weight is 357 g/mol. The number of thioether (sulfide) groups is 1.